The van der Waals surface area contributed by atoms with Gasteiger partial charge in [-0.1, -0.05) is 5.16 Å². The molecule has 3 aromatic heterocycles. The van der Waals surface area contributed by atoms with Crippen molar-refractivity contribution in [3.8, 4) is 17.1 Å². The molecule has 0 spiro atoms. The minimum atomic E-state index is -0.331. The van der Waals surface area contributed by atoms with Gasteiger partial charge in [0.2, 0.25) is 17.6 Å². The number of carbonyl (C=O) groups is 1. The summed E-state index contributed by atoms with van der Waals surface area (Å²) in [6.45, 7) is 0.338. The molecule has 1 amide bonds. The van der Waals surface area contributed by atoms with Crippen LogP contribution in [0.1, 0.15) is 24.3 Å². The largest absolute Gasteiger partial charge is 0.485 e. The Labute approximate surface area is 183 Å². The molecule has 0 radical (unpaired) electrons. The first-order valence-electron chi connectivity index (χ1n) is 10.0. The first-order chi connectivity index (χ1) is 15.7. The number of aryl methyl sites for hydroxylation is 1. The third kappa shape index (κ3) is 5.72. The second kappa shape index (κ2) is 10.3. The zero-order valence-electron chi connectivity index (χ0n) is 17.1. The Morgan fingerprint density at radius 2 is 1.88 bits per heavy atom. The summed E-state index contributed by atoms with van der Waals surface area (Å²) >= 11 is 0. The molecule has 4 aromatic rings. The molecule has 0 aliphatic rings. The number of hydrogen-bond acceptors (Lipinski definition) is 7. The fourth-order valence-electron chi connectivity index (χ4n) is 2.91. The van der Waals surface area contributed by atoms with E-state index in [0.29, 0.717) is 48.3 Å². The number of rotatable bonds is 9. The van der Waals surface area contributed by atoms with Crippen molar-refractivity contribution in [2.24, 2.45) is 0 Å². The van der Waals surface area contributed by atoms with Gasteiger partial charge in [-0.25, -0.2) is 9.37 Å². The maximum atomic E-state index is 13.0. The quantitative estimate of drug-likeness (QED) is 0.422. The van der Waals surface area contributed by atoms with Gasteiger partial charge in [-0.2, -0.15) is 4.98 Å². The van der Waals surface area contributed by atoms with Crippen LogP contribution in [0, 0.1) is 5.82 Å². The van der Waals surface area contributed by atoms with Crippen molar-refractivity contribution in [3.63, 3.8) is 0 Å². The van der Waals surface area contributed by atoms with E-state index in [9.17, 15) is 9.18 Å². The highest BCUT2D eigenvalue weighted by atomic mass is 19.1. The molecule has 0 aliphatic heterocycles. The molecule has 0 saturated carbocycles. The summed E-state index contributed by atoms with van der Waals surface area (Å²) in [6, 6.07) is 13.0. The van der Waals surface area contributed by atoms with Gasteiger partial charge in [-0.15, -0.1) is 0 Å². The fourth-order valence-corrected chi connectivity index (χ4v) is 2.91. The summed E-state index contributed by atoms with van der Waals surface area (Å²) in [5.74, 6) is 1.12. The van der Waals surface area contributed by atoms with Crippen molar-refractivity contribution in [2.75, 3.05) is 5.32 Å². The molecule has 0 aliphatic carbocycles. The summed E-state index contributed by atoms with van der Waals surface area (Å²) in [6.07, 6.45) is 6.17. The zero-order chi connectivity index (χ0) is 22.2. The van der Waals surface area contributed by atoms with Gasteiger partial charge in [0.05, 0.1) is 0 Å². The number of benzene rings is 1. The van der Waals surface area contributed by atoms with Crippen molar-refractivity contribution in [2.45, 2.75) is 25.9 Å². The molecule has 4 rings (SSSR count). The molecule has 0 fully saturated rings. The minimum Gasteiger partial charge on any atom is -0.485 e. The molecule has 0 atom stereocenters. The van der Waals surface area contributed by atoms with E-state index in [1.54, 1.807) is 42.9 Å². The van der Waals surface area contributed by atoms with Gasteiger partial charge in [-0.3, -0.25) is 9.78 Å². The Hall–Kier alpha value is -4.14. The first kappa shape index (κ1) is 21.1. The molecule has 162 valence electrons. The van der Waals surface area contributed by atoms with Gasteiger partial charge in [0, 0.05) is 37.0 Å². The summed E-state index contributed by atoms with van der Waals surface area (Å²) in [5, 5.41) is 6.68. The fraction of sp³-hybridized carbons (Fsp3) is 0.174. The van der Waals surface area contributed by atoms with Crippen LogP contribution < -0.4 is 10.1 Å². The predicted octanol–water partition coefficient (Wildman–Crippen LogP) is 4.21. The van der Waals surface area contributed by atoms with Crippen LogP contribution in [0.25, 0.3) is 11.4 Å². The summed E-state index contributed by atoms with van der Waals surface area (Å²) < 4.78 is 24.0. The smallest absolute Gasteiger partial charge is 0.226 e. The summed E-state index contributed by atoms with van der Waals surface area (Å²) in [5.41, 5.74) is 1.62. The number of halogens is 1. The van der Waals surface area contributed by atoms with Crippen molar-refractivity contribution < 1.29 is 18.4 Å². The second-order valence-electron chi connectivity index (χ2n) is 6.91. The molecule has 8 nitrogen and oxygen atoms in total. The van der Waals surface area contributed by atoms with E-state index in [2.05, 4.69) is 25.4 Å². The number of amides is 1. The van der Waals surface area contributed by atoms with E-state index in [1.807, 2.05) is 12.1 Å². The monoisotopic (exact) mass is 433 g/mol. The molecule has 9 heteroatoms. The SMILES string of the molecule is O=C(CCCc1nc(-c2ccc(F)cc2)no1)Nc1ncccc1OCc1ccncc1. The van der Waals surface area contributed by atoms with Crippen LogP contribution in [0.15, 0.2) is 71.6 Å². The van der Waals surface area contributed by atoms with Gasteiger partial charge in [0.25, 0.3) is 0 Å². The third-order valence-corrected chi connectivity index (χ3v) is 4.54. The van der Waals surface area contributed by atoms with Crippen LogP contribution in [0.3, 0.4) is 0 Å². The predicted molar refractivity (Wildman–Crippen MR) is 114 cm³/mol. The molecule has 1 aromatic carbocycles. The lowest BCUT2D eigenvalue weighted by molar-refractivity contribution is -0.116. The molecule has 0 bridgehead atoms. The van der Waals surface area contributed by atoms with Crippen molar-refractivity contribution in [1.82, 2.24) is 20.1 Å². The number of pyridine rings is 2. The molecule has 0 saturated heterocycles. The molecule has 0 unspecified atom stereocenters. The number of nitrogens with zero attached hydrogens (tertiary/aromatic N) is 4. The van der Waals surface area contributed by atoms with Crippen LogP contribution in [0.2, 0.25) is 0 Å². The standard InChI is InChI=1S/C23H20FN5O3/c24-18-8-6-17(7-9-18)22-28-21(32-29-22)5-1-4-20(30)27-23-19(3-2-12-26-23)31-15-16-10-13-25-14-11-16/h2-3,6-14H,1,4-5,15H2,(H,26,27,30). The zero-order valence-corrected chi connectivity index (χ0v) is 17.1. The molecular weight excluding hydrogens is 413 g/mol. The Morgan fingerprint density at radius 3 is 2.69 bits per heavy atom. The Bertz CT molecular complexity index is 1170. The second-order valence-corrected chi connectivity index (χ2v) is 6.91. The van der Waals surface area contributed by atoms with Gasteiger partial charge in [-0.05, 0) is 60.5 Å². The molecule has 3 heterocycles. The van der Waals surface area contributed by atoms with E-state index in [1.165, 1.54) is 12.1 Å². The minimum absolute atomic E-state index is 0.198. The lowest BCUT2D eigenvalue weighted by Gasteiger charge is -2.11. The maximum absolute atomic E-state index is 13.0. The number of anilines is 1. The van der Waals surface area contributed by atoms with Gasteiger partial charge < -0.3 is 14.6 Å². The van der Waals surface area contributed by atoms with E-state index in [4.69, 9.17) is 9.26 Å². The first-order valence-corrected chi connectivity index (χ1v) is 10.0. The highest BCUT2D eigenvalue weighted by Crippen LogP contribution is 2.22. The van der Waals surface area contributed by atoms with E-state index in [0.717, 1.165) is 5.56 Å². The molecule has 32 heavy (non-hydrogen) atoms. The van der Waals surface area contributed by atoms with Crippen LogP contribution in [0.4, 0.5) is 10.2 Å². The van der Waals surface area contributed by atoms with E-state index in [-0.39, 0.29) is 18.1 Å². The third-order valence-electron chi connectivity index (χ3n) is 4.54. The topological polar surface area (TPSA) is 103 Å². The van der Waals surface area contributed by atoms with Crippen molar-refractivity contribution >= 4 is 11.7 Å². The lowest BCUT2D eigenvalue weighted by Crippen LogP contribution is -2.14. The van der Waals surface area contributed by atoms with Gasteiger partial charge in [0.15, 0.2) is 11.6 Å². The van der Waals surface area contributed by atoms with Crippen molar-refractivity contribution in [3.05, 3.63) is 84.4 Å². The number of ether oxygens (including phenoxy) is 1. The average Bonchev–Trinajstić information content (AvgIpc) is 3.28. The number of aromatic nitrogens is 4. The summed E-state index contributed by atoms with van der Waals surface area (Å²) in [4.78, 5) is 24.8. The lowest BCUT2D eigenvalue weighted by atomic mass is 10.2. The Morgan fingerprint density at radius 1 is 1.06 bits per heavy atom. The van der Waals surface area contributed by atoms with Gasteiger partial charge >= 0.3 is 0 Å². The average molecular weight is 433 g/mol. The van der Waals surface area contributed by atoms with Crippen LogP contribution in [-0.2, 0) is 17.8 Å². The summed E-state index contributed by atoms with van der Waals surface area (Å²) in [7, 11) is 0. The molecule has 1 N–H and O–H groups in total. The van der Waals surface area contributed by atoms with Crippen LogP contribution in [-0.4, -0.2) is 26.0 Å². The van der Waals surface area contributed by atoms with Crippen molar-refractivity contribution in [1.29, 1.82) is 0 Å². The molecular formula is C23H20FN5O3. The number of nitrogens with one attached hydrogen (secondary N) is 1. The number of carbonyl (C=O) groups excluding carboxylic acids is 1. The van der Waals surface area contributed by atoms with Crippen LogP contribution >= 0.6 is 0 Å². The maximum Gasteiger partial charge on any atom is 0.226 e. The van der Waals surface area contributed by atoms with Crippen LogP contribution in [0.5, 0.6) is 5.75 Å². The Balaban J connectivity index is 1.27. The normalized spacial score (nSPS) is 10.7. The van der Waals surface area contributed by atoms with E-state index >= 15 is 0 Å². The highest BCUT2D eigenvalue weighted by Gasteiger charge is 2.12. The van der Waals surface area contributed by atoms with E-state index < -0.39 is 0 Å². The van der Waals surface area contributed by atoms with Gasteiger partial charge in [0.1, 0.15) is 12.4 Å². The number of hydrogen-bond donors (Lipinski definition) is 1. The Kier molecular flexibility index (Phi) is 6.76. The highest BCUT2D eigenvalue weighted by molar-refractivity contribution is 5.91.